The van der Waals surface area contributed by atoms with Crippen molar-refractivity contribution >= 4 is 11.9 Å². The van der Waals surface area contributed by atoms with Gasteiger partial charge in [0, 0.05) is 12.0 Å². The highest BCUT2D eigenvalue weighted by atomic mass is 16.5. The number of methoxy groups -OCH3 is 4. The average molecular weight is 416 g/mol. The maximum absolute atomic E-state index is 12.7. The van der Waals surface area contributed by atoms with Gasteiger partial charge in [-0.25, -0.2) is 0 Å². The number of benzene rings is 2. The zero-order valence-electron chi connectivity index (χ0n) is 17.3. The fourth-order valence-electron chi connectivity index (χ4n) is 3.55. The Labute approximate surface area is 174 Å². The number of esters is 2. The molecule has 0 unspecified atom stereocenters. The van der Waals surface area contributed by atoms with Gasteiger partial charge in [-0.3, -0.25) is 9.59 Å². The summed E-state index contributed by atoms with van der Waals surface area (Å²) >= 11 is 0. The Hall–Kier alpha value is -3.42. The summed E-state index contributed by atoms with van der Waals surface area (Å²) in [6.45, 7) is 0. The van der Waals surface area contributed by atoms with Crippen molar-refractivity contribution in [2.45, 2.75) is 24.9 Å². The number of aryl methyl sites for hydroxylation is 1. The van der Waals surface area contributed by atoms with Crippen LogP contribution in [0.5, 0.6) is 23.0 Å². The molecule has 3 rings (SSSR count). The molecule has 30 heavy (non-hydrogen) atoms. The molecule has 8 nitrogen and oxygen atoms in total. The molecule has 0 radical (unpaired) electrons. The zero-order valence-corrected chi connectivity index (χ0v) is 17.3. The first kappa shape index (κ1) is 21.3. The molecule has 0 amide bonds. The van der Waals surface area contributed by atoms with Crippen LogP contribution in [0.15, 0.2) is 30.3 Å². The van der Waals surface area contributed by atoms with E-state index in [4.69, 9.17) is 23.7 Å². The Kier molecular flexibility index (Phi) is 6.34. The molecule has 2 aromatic carbocycles. The molecule has 0 saturated carbocycles. The number of fused-ring (bicyclic) bond motifs is 1. The van der Waals surface area contributed by atoms with Crippen LogP contribution in [0.25, 0.3) is 0 Å². The first-order valence-electron chi connectivity index (χ1n) is 9.32. The number of hydrogen-bond donors (Lipinski definition) is 1. The predicted molar refractivity (Wildman–Crippen MR) is 106 cm³/mol. The van der Waals surface area contributed by atoms with Crippen LogP contribution in [0.4, 0.5) is 0 Å². The summed E-state index contributed by atoms with van der Waals surface area (Å²) in [5.74, 6) is -0.426. The lowest BCUT2D eigenvalue weighted by Crippen LogP contribution is -2.20. The number of rotatable bonds is 7. The normalized spacial score (nSPS) is 16.9. The van der Waals surface area contributed by atoms with Crippen molar-refractivity contribution in [3.05, 3.63) is 47.0 Å². The lowest BCUT2D eigenvalue weighted by molar-refractivity contribution is -0.144. The van der Waals surface area contributed by atoms with Crippen LogP contribution in [-0.4, -0.2) is 45.5 Å². The van der Waals surface area contributed by atoms with Gasteiger partial charge in [-0.1, -0.05) is 12.1 Å². The quantitative estimate of drug-likeness (QED) is 0.688. The standard InChI is InChI=1S/C22H24O8/c1-26-16-11-13(6-7-15(16)23)20-19(22(25)29-4)14-9-12(5-8-18(24)28-3)10-17(27-2)21(14)30-20/h6-7,9-11,19-20,23H,5,8H2,1-4H3/t19-,20+/m0/s1. The number of phenolic OH excluding ortho intramolecular Hbond substituents is 1. The first-order valence-corrected chi connectivity index (χ1v) is 9.32. The molecule has 1 aliphatic heterocycles. The Morgan fingerprint density at radius 3 is 2.37 bits per heavy atom. The highest BCUT2D eigenvalue weighted by molar-refractivity contribution is 5.82. The van der Waals surface area contributed by atoms with Crippen LogP contribution in [0, 0.1) is 0 Å². The second-order valence-corrected chi connectivity index (χ2v) is 6.76. The van der Waals surface area contributed by atoms with Gasteiger partial charge in [0.1, 0.15) is 12.0 Å². The summed E-state index contributed by atoms with van der Waals surface area (Å²) in [6, 6.07) is 8.35. The van der Waals surface area contributed by atoms with E-state index in [9.17, 15) is 14.7 Å². The van der Waals surface area contributed by atoms with E-state index < -0.39 is 18.0 Å². The average Bonchev–Trinajstić information content (AvgIpc) is 3.16. The van der Waals surface area contributed by atoms with E-state index in [0.717, 1.165) is 5.56 Å². The van der Waals surface area contributed by atoms with E-state index in [-0.39, 0.29) is 23.9 Å². The summed E-state index contributed by atoms with van der Waals surface area (Å²) in [6.07, 6.45) is -0.0883. The Balaban J connectivity index is 2.05. The fraction of sp³-hybridized carbons (Fsp3) is 0.364. The summed E-state index contributed by atoms with van der Waals surface area (Å²) in [4.78, 5) is 24.2. The van der Waals surface area contributed by atoms with Gasteiger partial charge >= 0.3 is 11.9 Å². The maximum atomic E-state index is 12.7. The van der Waals surface area contributed by atoms with Gasteiger partial charge in [0.15, 0.2) is 23.0 Å². The third-order valence-electron chi connectivity index (χ3n) is 5.08. The number of carbonyl (C=O) groups excluding carboxylic acids is 2. The molecule has 0 spiro atoms. The molecular formula is C22H24O8. The molecular weight excluding hydrogens is 392 g/mol. The molecule has 1 N–H and O–H groups in total. The van der Waals surface area contributed by atoms with Crippen molar-refractivity contribution in [1.82, 2.24) is 0 Å². The minimum absolute atomic E-state index is 0.0194. The molecule has 0 bridgehead atoms. The first-order chi connectivity index (χ1) is 14.4. The number of ether oxygens (including phenoxy) is 5. The summed E-state index contributed by atoms with van der Waals surface area (Å²) in [7, 11) is 5.60. The second kappa shape index (κ2) is 8.94. The molecule has 0 fully saturated rings. The van der Waals surface area contributed by atoms with Crippen LogP contribution < -0.4 is 14.2 Å². The summed E-state index contributed by atoms with van der Waals surface area (Å²) in [5.41, 5.74) is 2.05. The third kappa shape index (κ3) is 3.98. The van der Waals surface area contributed by atoms with Crippen molar-refractivity contribution < 1.29 is 38.4 Å². The topological polar surface area (TPSA) is 101 Å². The predicted octanol–water partition coefficient (Wildman–Crippen LogP) is 2.91. The lowest BCUT2D eigenvalue weighted by Gasteiger charge is -2.18. The van der Waals surface area contributed by atoms with Crippen LogP contribution >= 0.6 is 0 Å². The van der Waals surface area contributed by atoms with Crippen molar-refractivity contribution in [3.8, 4) is 23.0 Å². The van der Waals surface area contributed by atoms with E-state index in [2.05, 4.69) is 0 Å². The van der Waals surface area contributed by atoms with E-state index >= 15 is 0 Å². The minimum atomic E-state index is -0.758. The maximum Gasteiger partial charge on any atom is 0.317 e. The number of phenols is 1. The summed E-state index contributed by atoms with van der Waals surface area (Å²) in [5, 5.41) is 9.90. The molecule has 0 saturated heterocycles. The minimum Gasteiger partial charge on any atom is -0.504 e. The molecule has 2 aromatic rings. The molecule has 2 atom stereocenters. The van der Waals surface area contributed by atoms with Crippen molar-refractivity contribution in [3.63, 3.8) is 0 Å². The van der Waals surface area contributed by atoms with Gasteiger partial charge in [0.2, 0.25) is 0 Å². The van der Waals surface area contributed by atoms with Crippen LogP contribution in [0.3, 0.4) is 0 Å². The SMILES string of the molecule is COC(=O)CCc1cc(OC)c2c(c1)[C@H](C(=O)OC)[C@@H](c1ccc(O)c(OC)c1)O2. The molecule has 1 heterocycles. The Morgan fingerprint density at radius 1 is 1.00 bits per heavy atom. The molecule has 0 aromatic heterocycles. The molecule has 0 aliphatic carbocycles. The van der Waals surface area contributed by atoms with Crippen LogP contribution in [-0.2, 0) is 25.5 Å². The molecule has 1 aliphatic rings. The van der Waals surface area contributed by atoms with Crippen molar-refractivity contribution in [2.75, 3.05) is 28.4 Å². The number of aromatic hydroxyl groups is 1. The lowest BCUT2D eigenvalue weighted by atomic mass is 9.89. The van der Waals surface area contributed by atoms with Gasteiger partial charge in [-0.05, 0) is 35.7 Å². The zero-order chi connectivity index (χ0) is 21.8. The Bertz CT molecular complexity index is 952. The van der Waals surface area contributed by atoms with Gasteiger partial charge < -0.3 is 28.8 Å². The highest BCUT2D eigenvalue weighted by Crippen LogP contribution is 2.52. The number of hydrogen-bond acceptors (Lipinski definition) is 8. The smallest absolute Gasteiger partial charge is 0.317 e. The second-order valence-electron chi connectivity index (χ2n) is 6.76. The van der Waals surface area contributed by atoms with Gasteiger partial charge in [0.05, 0.1) is 28.4 Å². The number of carbonyl (C=O) groups is 2. The van der Waals surface area contributed by atoms with E-state index in [1.165, 1.54) is 34.5 Å². The third-order valence-corrected chi connectivity index (χ3v) is 5.08. The van der Waals surface area contributed by atoms with E-state index in [1.807, 2.05) is 6.07 Å². The summed E-state index contributed by atoms with van der Waals surface area (Å²) < 4.78 is 26.5. The van der Waals surface area contributed by atoms with Gasteiger partial charge in [0.25, 0.3) is 0 Å². The largest absolute Gasteiger partial charge is 0.504 e. The highest BCUT2D eigenvalue weighted by Gasteiger charge is 2.43. The van der Waals surface area contributed by atoms with Gasteiger partial charge in [-0.15, -0.1) is 0 Å². The van der Waals surface area contributed by atoms with Crippen molar-refractivity contribution in [1.29, 1.82) is 0 Å². The van der Waals surface area contributed by atoms with Gasteiger partial charge in [-0.2, -0.15) is 0 Å². The van der Waals surface area contributed by atoms with Crippen molar-refractivity contribution in [2.24, 2.45) is 0 Å². The van der Waals surface area contributed by atoms with E-state index in [1.54, 1.807) is 18.2 Å². The molecule has 160 valence electrons. The van der Waals surface area contributed by atoms with Crippen LogP contribution in [0.2, 0.25) is 0 Å². The molecule has 8 heteroatoms. The fourth-order valence-corrected chi connectivity index (χ4v) is 3.55. The van der Waals surface area contributed by atoms with E-state index in [0.29, 0.717) is 29.0 Å². The van der Waals surface area contributed by atoms with Crippen LogP contribution in [0.1, 0.15) is 35.1 Å². The Morgan fingerprint density at radius 2 is 1.73 bits per heavy atom. The monoisotopic (exact) mass is 416 g/mol.